The van der Waals surface area contributed by atoms with Gasteiger partial charge in [0, 0.05) is 20.2 Å². The van der Waals surface area contributed by atoms with Crippen molar-refractivity contribution < 1.29 is 14.6 Å². The minimum atomic E-state index is -0.732. The van der Waals surface area contributed by atoms with Gasteiger partial charge in [-0.1, -0.05) is 11.3 Å². The van der Waals surface area contributed by atoms with E-state index in [9.17, 15) is 4.79 Å². The summed E-state index contributed by atoms with van der Waals surface area (Å²) in [6, 6.07) is 0. The first kappa shape index (κ1) is 11.3. The number of carboxylic acid groups (broad SMARTS) is 1. The number of anilines is 1. The van der Waals surface area contributed by atoms with Gasteiger partial charge in [0.05, 0.1) is 5.92 Å². The van der Waals surface area contributed by atoms with E-state index in [0.717, 1.165) is 16.7 Å². The maximum absolute atomic E-state index is 10.8. The van der Waals surface area contributed by atoms with Crippen LogP contribution in [0.5, 0.6) is 0 Å². The molecule has 0 saturated carbocycles. The molecule has 2 heterocycles. The van der Waals surface area contributed by atoms with Crippen LogP contribution in [0.1, 0.15) is 11.4 Å². The number of aliphatic carboxylic acids is 1. The molecule has 2 rings (SSSR count). The second kappa shape index (κ2) is 4.75. The van der Waals surface area contributed by atoms with E-state index < -0.39 is 5.97 Å². The van der Waals surface area contributed by atoms with Crippen LogP contribution in [0.2, 0.25) is 0 Å². The zero-order valence-electron chi connectivity index (χ0n) is 8.92. The van der Waals surface area contributed by atoms with Crippen molar-refractivity contribution in [3.05, 3.63) is 5.01 Å². The highest BCUT2D eigenvalue weighted by atomic mass is 32.1. The van der Waals surface area contributed by atoms with Gasteiger partial charge in [0.25, 0.3) is 0 Å². The smallest absolute Gasteiger partial charge is 0.308 e. The summed E-state index contributed by atoms with van der Waals surface area (Å²) in [5, 5.41) is 18.5. The van der Waals surface area contributed by atoms with Gasteiger partial charge >= 0.3 is 5.97 Å². The molecule has 88 valence electrons. The summed E-state index contributed by atoms with van der Waals surface area (Å²) in [4.78, 5) is 12.8. The molecule has 1 N–H and O–H groups in total. The second-order valence-electron chi connectivity index (χ2n) is 3.68. The Morgan fingerprint density at radius 3 is 3.12 bits per heavy atom. The molecule has 1 aromatic rings. The van der Waals surface area contributed by atoms with Crippen LogP contribution in [-0.4, -0.2) is 41.5 Å². The van der Waals surface area contributed by atoms with Gasteiger partial charge in [0.15, 0.2) is 0 Å². The second-order valence-corrected chi connectivity index (χ2v) is 4.72. The number of rotatable bonds is 4. The van der Waals surface area contributed by atoms with Gasteiger partial charge in [0.1, 0.15) is 11.6 Å². The van der Waals surface area contributed by atoms with Gasteiger partial charge in [-0.05, 0) is 6.42 Å². The Kier molecular flexibility index (Phi) is 3.35. The number of hydrogen-bond acceptors (Lipinski definition) is 6. The third-order valence-electron chi connectivity index (χ3n) is 2.53. The van der Waals surface area contributed by atoms with E-state index >= 15 is 0 Å². The maximum Gasteiger partial charge on any atom is 0.308 e. The molecule has 7 heteroatoms. The van der Waals surface area contributed by atoms with Crippen LogP contribution in [0.25, 0.3) is 0 Å². The Balaban J connectivity index is 2.00. The molecule has 1 aliphatic heterocycles. The summed E-state index contributed by atoms with van der Waals surface area (Å²) in [6.45, 7) is 1.71. The van der Waals surface area contributed by atoms with Crippen molar-refractivity contribution >= 4 is 22.4 Å². The zero-order chi connectivity index (χ0) is 11.5. The van der Waals surface area contributed by atoms with E-state index in [1.165, 1.54) is 11.3 Å². The van der Waals surface area contributed by atoms with Crippen molar-refractivity contribution in [1.82, 2.24) is 10.2 Å². The van der Waals surface area contributed by atoms with Gasteiger partial charge in [-0.3, -0.25) is 4.79 Å². The summed E-state index contributed by atoms with van der Waals surface area (Å²) >= 11 is 1.45. The Hall–Kier alpha value is -1.21. The van der Waals surface area contributed by atoms with Crippen LogP contribution in [-0.2, 0) is 16.1 Å². The van der Waals surface area contributed by atoms with Gasteiger partial charge < -0.3 is 14.7 Å². The average Bonchev–Trinajstić information content (AvgIpc) is 2.84. The molecular weight excluding hydrogens is 230 g/mol. The molecule has 1 fully saturated rings. The van der Waals surface area contributed by atoms with Crippen LogP contribution >= 0.6 is 11.3 Å². The summed E-state index contributed by atoms with van der Waals surface area (Å²) < 4.78 is 4.96. The topological polar surface area (TPSA) is 75.6 Å². The first-order valence-corrected chi connectivity index (χ1v) is 5.81. The van der Waals surface area contributed by atoms with Gasteiger partial charge in [-0.2, -0.15) is 0 Å². The third kappa shape index (κ3) is 2.30. The molecule has 0 aromatic carbocycles. The molecule has 16 heavy (non-hydrogen) atoms. The largest absolute Gasteiger partial charge is 0.481 e. The fourth-order valence-electron chi connectivity index (χ4n) is 1.69. The minimum Gasteiger partial charge on any atom is -0.481 e. The lowest BCUT2D eigenvalue weighted by Gasteiger charge is -2.12. The predicted molar refractivity (Wildman–Crippen MR) is 58.6 cm³/mol. The Labute approximate surface area is 96.9 Å². The Morgan fingerprint density at radius 2 is 2.50 bits per heavy atom. The number of methoxy groups -OCH3 is 1. The van der Waals surface area contributed by atoms with Crippen molar-refractivity contribution in [2.24, 2.45) is 5.92 Å². The molecule has 0 radical (unpaired) electrons. The molecule has 1 aromatic heterocycles. The number of aromatic nitrogens is 2. The zero-order valence-corrected chi connectivity index (χ0v) is 9.74. The van der Waals surface area contributed by atoms with E-state index in [1.54, 1.807) is 7.11 Å². The molecule has 1 unspecified atom stereocenters. The normalized spacial score (nSPS) is 20.3. The van der Waals surface area contributed by atoms with Crippen LogP contribution in [0.4, 0.5) is 5.13 Å². The highest BCUT2D eigenvalue weighted by molar-refractivity contribution is 7.15. The predicted octanol–water partition coefficient (Wildman–Crippen LogP) is 0.595. The van der Waals surface area contributed by atoms with Crippen molar-refractivity contribution in [3.8, 4) is 0 Å². The lowest BCUT2D eigenvalue weighted by atomic mass is 10.1. The fourth-order valence-corrected chi connectivity index (χ4v) is 2.54. The SMILES string of the molecule is COCc1nnc(N2CCC(C(=O)O)C2)s1. The molecule has 1 atom stereocenters. The quantitative estimate of drug-likeness (QED) is 0.834. The number of hydrogen-bond donors (Lipinski definition) is 1. The van der Waals surface area contributed by atoms with Crippen molar-refractivity contribution in [1.29, 1.82) is 0 Å². The van der Waals surface area contributed by atoms with Crippen LogP contribution in [0.15, 0.2) is 0 Å². The first-order chi connectivity index (χ1) is 7.70. The summed E-state index contributed by atoms with van der Waals surface area (Å²) in [6.07, 6.45) is 0.675. The summed E-state index contributed by atoms with van der Waals surface area (Å²) in [5.41, 5.74) is 0. The lowest BCUT2D eigenvalue weighted by Crippen LogP contribution is -2.22. The Morgan fingerprint density at radius 1 is 1.69 bits per heavy atom. The van der Waals surface area contributed by atoms with E-state index in [0.29, 0.717) is 19.6 Å². The first-order valence-electron chi connectivity index (χ1n) is 4.99. The Bertz CT molecular complexity index is 382. The van der Waals surface area contributed by atoms with Gasteiger partial charge in [-0.25, -0.2) is 0 Å². The summed E-state index contributed by atoms with van der Waals surface area (Å²) in [5.74, 6) is -1.01. The van der Waals surface area contributed by atoms with Crippen LogP contribution in [0.3, 0.4) is 0 Å². The fraction of sp³-hybridized carbons (Fsp3) is 0.667. The van der Waals surface area contributed by atoms with Crippen molar-refractivity contribution in [2.45, 2.75) is 13.0 Å². The van der Waals surface area contributed by atoms with Gasteiger partial charge in [-0.15, -0.1) is 10.2 Å². The van der Waals surface area contributed by atoms with Gasteiger partial charge in [0.2, 0.25) is 5.13 Å². The van der Waals surface area contributed by atoms with E-state index in [4.69, 9.17) is 9.84 Å². The standard InChI is InChI=1S/C9H13N3O3S/c1-15-5-7-10-11-9(16-7)12-3-2-6(4-12)8(13)14/h6H,2-5H2,1H3,(H,13,14). The molecule has 1 aliphatic rings. The van der Waals surface area contributed by atoms with Crippen LogP contribution in [0, 0.1) is 5.92 Å². The molecule has 0 amide bonds. The monoisotopic (exact) mass is 243 g/mol. The maximum atomic E-state index is 10.8. The highest BCUT2D eigenvalue weighted by Crippen LogP contribution is 2.26. The molecule has 1 saturated heterocycles. The number of nitrogens with zero attached hydrogens (tertiary/aromatic N) is 3. The number of carboxylic acids is 1. The molecule has 0 aliphatic carbocycles. The molecule has 0 bridgehead atoms. The molecule has 0 spiro atoms. The number of ether oxygens (including phenoxy) is 1. The van der Waals surface area contributed by atoms with Crippen molar-refractivity contribution in [2.75, 3.05) is 25.1 Å². The molecular formula is C9H13N3O3S. The van der Waals surface area contributed by atoms with E-state index in [-0.39, 0.29) is 5.92 Å². The van der Waals surface area contributed by atoms with Crippen molar-refractivity contribution in [3.63, 3.8) is 0 Å². The van der Waals surface area contributed by atoms with E-state index in [2.05, 4.69) is 10.2 Å². The van der Waals surface area contributed by atoms with E-state index in [1.807, 2.05) is 4.90 Å². The average molecular weight is 243 g/mol. The van der Waals surface area contributed by atoms with Crippen LogP contribution < -0.4 is 4.90 Å². The summed E-state index contributed by atoms with van der Waals surface area (Å²) in [7, 11) is 1.61. The third-order valence-corrected chi connectivity index (χ3v) is 3.49. The minimum absolute atomic E-state index is 0.283. The lowest BCUT2D eigenvalue weighted by molar-refractivity contribution is -0.140. The highest BCUT2D eigenvalue weighted by Gasteiger charge is 2.29. The number of carbonyl (C=O) groups is 1. The molecule has 6 nitrogen and oxygen atoms in total.